The Labute approximate surface area is 123 Å². The van der Waals surface area contributed by atoms with Crippen molar-refractivity contribution in [2.75, 3.05) is 0 Å². The molecule has 0 spiro atoms. The fourth-order valence-electron chi connectivity index (χ4n) is 3.19. The molecular formula is C20H26. The SMILES string of the molecule is Cc1cccc(C)c1-c1cccc(C(C)C)c1C(C)C. The van der Waals surface area contributed by atoms with Gasteiger partial charge >= 0.3 is 0 Å². The van der Waals surface area contributed by atoms with E-state index in [9.17, 15) is 0 Å². The largest absolute Gasteiger partial charge is 0.0617 e. The van der Waals surface area contributed by atoms with E-state index < -0.39 is 0 Å². The zero-order valence-electron chi connectivity index (χ0n) is 13.6. The Morgan fingerprint density at radius 2 is 1.25 bits per heavy atom. The predicted octanol–water partition coefficient (Wildman–Crippen LogP) is 6.22. The Kier molecular flexibility index (Phi) is 4.32. The van der Waals surface area contributed by atoms with Gasteiger partial charge in [-0.3, -0.25) is 0 Å². The molecular weight excluding hydrogens is 240 g/mol. The molecule has 0 aliphatic heterocycles. The minimum Gasteiger partial charge on any atom is -0.0617 e. The van der Waals surface area contributed by atoms with Crippen molar-refractivity contribution in [2.24, 2.45) is 0 Å². The maximum atomic E-state index is 2.30. The molecule has 0 aliphatic rings. The van der Waals surface area contributed by atoms with Crippen molar-refractivity contribution in [3.8, 4) is 11.1 Å². The van der Waals surface area contributed by atoms with Crippen molar-refractivity contribution >= 4 is 0 Å². The summed E-state index contributed by atoms with van der Waals surface area (Å²) in [5.74, 6) is 1.11. The van der Waals surface area contributed by atoms with E-state index >= 15 is 0 Å². The van der Waals surface area contributed by atoms with E-state index in [4.69, 9.17) is 0 Å². The lowest BCUT2D eigenvalue weighted by atomic mass is 9.82. The smallest absolute Gasteiger partial charge is 0.0122 e. The highest BCUT2D eigenvalue weighted by Crippen LogP contribution is 2.37. The topological polar surface area (TPSA) is 0 Å². The van der Waals surface area contributed by atoms with Crippen LogP contribution in [0.3, 0.4) is 0 Å². The minimum atomic E-state index is 0.544. The van der Waals surface area contributed by atoms with Gasteiger partial charge in [-0.15, -0.1) is 0 Å². The summed E-state index contributed by atoms with van der Waals surface area (Å²) in [6, 6.07) is 13.4. The Bertz CT molecular complexity index is 583. The summed E-state index contributed by atoms with van der Waals surface area (Å²) in [5, 5.41) is 0. The number of hydrogen-bond acceptors (Lipinski definition) is 0. The number of hydrogen-bond donors (Lipinski definition) is 0. The molecule has 2 aromatic carbocycles. The standard InChI is InChI=1S/C20H26/c1-13(2)17-11-8-12-18(19(17)14(3)4)20-15(5)9-7-10-16(20)6/h7-14H,1-6H3. The Morgan fingerprint density at radius 3 is 1.75 bits per heavy atom. The molecule has 0 unspecified atom stereocenters. The summed E-state index contributed by atoms with van der Waals surface area (Å²) in [4.78, 5) is 0. The third kappa shape index (κ3) is 2.65. The van der Waals surface area contributed by atoms with E-state index in [0.717, 1.165) is 0 Å². The number of benzene rings is 2. The molecule has 106 valence electrons. The van der Waals surface area contributed by atoms with Crippen LogP contribution >= 0.6 is 0 Å². The van der Waals surface area contributed by atoms with Gasteiger partial charge in [-0.05, 0) is 59.1 Å². The van der Waals surface area contributed by atoms with Crippen LogP contribution in [0.1, 0.15) is 61.8 Å². The van der Waals surface area contributed by atoms with E-state index in [1.165, 1.54) is 33.4 Å². The molecule has 0 nitrogen and oxygen atoms in total. The zero-order chi connectivity index (χ0) is 14.9. The molecule has 0 heteroatoms. The van der Waals surface area contributed by atoms with Crippen molar-refractivity contribution in [1.29, 1.82) is 0 Å². The summed E-state index contributed by atoms with van der Waals surface area (Å²) < 4.78 is 0. The van der Waals surface area contributed by atoms with E-state index in [1.54, 1.807) is 0 Å². The van der Waals surface area contributed by atoms with Crippen LogP contribution in [0.2, 0.25) is 0 Å². The predicted molar refractivity (Wildman–Crippen MR) is 89.5 cm³/mol. The highest BCUT2D eigenvalue weighted by Gasteiger charge is 2.17. The van der Waals surface area contributed by atoms with Gasteiger partial charge in [0.15, 0.2) is 0 Å². The van der Waals surface area contributed by atoms with E-state index in [1.807, 2.05) is 0 Å². The van der Waals surface area contributed by atoms with Crippen LogP contribution in [0.15, 0.2) is 36.4 Å². The molecule has 20 heavy (non-hydrogen) atoms. The molecule has 0 fully saturated rings. The summed E-state index contributed by atoms with van der Waals surface area (Å²) >= 11 is 0. The van der Waals surface area contributed by atoms with Crippen LogP contribution in [0.4, 0.5) is 0 Å². The molecule has 0 radical (unpaired) electrons. The van der Waals surface area contributed by atoms with Gasteiger partial charge in [-0.1, -0.05) is 64.1 Å². The lowest BCUT2D eigenvalue weighted by Gasteiger charge is -2.22. The molecule has 0 heterocycles. The van der Waals surface area contributed by atoms with Crippen LogP contribution < -0.4 is 0 Å². The van der Waals surface area contributed by atoms with Crippen LogP contribution in [0.5, 0.6) is 0 Å². The third-order valence-corrected chi connectivity index (χ3v) is 4.09. The number of aryl methyl sites for hydroxylation is 2. The molecule has 2 rings (SSSR count). The number of rotatable bonds is 3. The monoisotopic (exact) mass is 266 g/mol. The Balaban J connectivity index is 2.78. The lowest BCUT2D eigenvalue weighted by molar-refractivity contribution is 0.792. The third-order valence-electron chi connectivity index (χ3n) is 4.09. The van der Waals surface area contributed by atoms with E-state index in [0.29, 0.717) is 11.8 Å². The quantitative estimate of drug-likeness (QED) is 0.619. The molecule has 0 atom stereocenters. The van der Waals surface area contributed by atoms with Gasteiger partial charge in [-0.2, -0.15) is 0 Å². The van der Waals surface area contributed by atoms with Crippen LogP contribution in [-0.2, 0) is 0 Å². The second-order valence-electron chi connectivity index (χ2n) is 6.38. The molecule has 0 amide bonds. The molecule has 0 saturated heterocycles. The highest BCUT2D eigenvalue weighted by atomic mass is 14.2. The van der Waals surface area contributed by atoms with Gasteiger partial charge in [0.05, 0.1) is 0 Å². The first-order chi connectivity index (χ1) is 9.43. The zero-order valence-corrected chi connectivity index (χ0v) is 13.6. The molecule has 0 bridgehead atoms. The van der Waals surface area contributed by atoms with Gasteiger partial charge in [0.25, 0.3) is 0 Å². The van der Waals surface area contributed by atoms with Crippen molar-refractivity contribution in [2.45, 2.75) is 53.4 Å². The second-order valence-corrected chi connectivity index (χ2v) is 6.38. The average Bonchev–Trinajstić information content (AvgIpc) is 2.37. The van der Waals surface area contributed by atoms with Gasteiger partial charge in [-0.25, -0.2) is 0 Å². The maximum absolute atomic E-state index is 2.30. The minimum absolute atomic E-state index is 0.544. The fraction of sp³-hybridized carbons (Fsp3) is 0.400. The first-order valence-electron chi connectivity index (χ1n) is 7.62. The first-order valence-corrected chi connectivity index (χ1v) is 7.62. The van der Waals surface area contributed by atoms with Crippen LogP contribution in [-0.4, -0.2) is 0 Å². The Morgan fingerprint density at radius 1 is 0.700 bits per heavy atom. The highest BCUT2D eigenvalue weighted by molar-refractivity contribution is 5.75. The summed E-state index contributed by atoms with van der Waals surface area (Å²) in [6.07, 6.45) is 0. The van der Waals surface area contributed by atoms with Gasteiger partial charge < -0.3 is 0 Å². The van der Waals surface area contributed by atoms with Crippen LogP contribution in [0, 0.1) is 13.8 Å². The van der Waals surface area contributed by atoms with Gasteiger partial charge in [0, 0.05) is 0 Å². The van der Waals surface area contributed by atoms with Crippen molar-refractivity contribution in [1.82, 2.24) is 0 Å². The molecule has 0 aliphatic carbocycles. The average molecular weight is 266 g/mol. The van der Waals surface area contributed by atoms with E-state index in [-0.39, 0.29) is 0 Å². The first kappa shape index (κ1) is 14.8. The van der Waals surface area contributed by atoms with Crippen molar-refractivity contribution in [3.63, 3.8) is 0 Å². The normalized spacial score (nSPS) is 11.4. The Hall–Kier alpha value is -1.56. The summed E-state index contributed by atoms with van der Waals surface area (Å²) in [6.45, 7) is 13.6. The molecule has 2 aromatic rings. The van der Waals surface area contributed by atoms with Gasteiger partial charge in [0.2, 0.25) is 0 Å². The van der Waals surface area contributed by atoms with E-state index in [2.05, 4.69) is 77.9 Å². The molecule has 0 saturated carbocycles. The fourth-order valence-corrected chi connectivity index (χ4v) is 3.19. The lowest BCUT2D eigenvalue weighted by Crippen LogP contribution is -2.02. The maximum Gasteiger partial charge on any atom is -0.0122 e. The van der Waals surface area contributed by atoms with Crippen molar-refractivity contribution < 1.29 is 0 Å². The summed E-state index contributed by atoms with van der Waals surface area (Å²) in [5.41, 5.74) is 8.57. The summed E-state index contributed by atoms with van der Waals surface area (Å²) in [7, 11) is 0. The molecule has 0 N–H and O–H groups in total. The molecule has 0 aromatic heterocycles. The van der Waals surface area contributed by atoms with Crippen LogP contribution in [0.25, 0.3) is 11.1 Å². The van der Waals surface area contributed by atoms with Gasteiger partial charge in [0.1, 0.15) is 0 Å². The van der Waals surface area contributed by atoms with Crippen molar-refractivity contribution in [3.05, 3.63) is 58.7 Å². The second kappa shape index (κ2) is 5.83.